The summed E-state index contributed by atoms with van der Waals surface area (Å²) >= 11 is 10.6. The van der Waals surface area contributed by atoms with E-state index in [-0.39, 0.29) is 15.3 Å². The van der Waals surface area contributed by atoms with Crippen LogP contribution in [-0.4, -0.2) is 31.9 Å². The highest BCUT2D eigenvalue weighted by molar-refractivity contribution is 6.33. The minimum absolute atomic E-state index is 0.0525. The molecule has 0 radical (unpaired) electrons. The number of aromatic nitrogens is 2. The van der Waals surface area contributed by atoms with E-state index in [0.717, 1.165) is 13.8 Å². The summed E-state index contributed by atoms with van der Waals surface area (Å²) in [5.74, 6) is 1.13. The van der Waals surface area contributed by atoms with Gasteiger partial charge in [0.05, 0.1) is 16.3 Å². The molecule has 0 fully saturated rings. The molecule has 1 aromatic heterocycles. The number of hydrogen-bond donors (Lipinski definition) is 2. The highest BCUT2D eigenvalue weighted by atomic mass is 35.5. The van der Waals surface area contributed by atoms with Crippen LogP contribution in [0.5, 0.6) is 0 Å². The number of nitrogen functional groups attached to an aromatic ring is 1. The van der Waals surface area contributed by atoms with Crippen molar-refractivity contribution in [1.82, 2.24) is 9.24 Å². The molecule has 0 unspecified atom stereocenters. The molecule has 0 amide bonds. The highest BCUT2D eigenvalue weighted by Crippen LogP contribution is 2.30. The maximum Gasteiger partial charge on any atom is 0.365 e. The Balaban J connectivity index is 2.71. The van der Waals surface area contributed by atoms with Gasteiger partial charge in [0.25, 0.3) is 5.56 Å². The molecule has 0 aliphatic carbocycles. The van der Waals surface area contributed by atoms with Gasteiger partial charge < -0.3 is 15.7 Å². The molecule has 0 atom stereocenters. The Labute approximate surface area is 175 Å². The Hall–Kier alpha value is -2.99. The lowest BCUT2D eigenvalue weighted by atomic mass is 10.1. The lowest BCUT2D eigenvalue weighted by molar-refractivity contribution is -0.155. The summed E-state index contributed by atoms with van der Waals surface area (Å²) in [6, 6.07) is 1.35. The normalized spacial score (nSPS) is 12.0. The van der Waals surface area contributed by atoms with Gasteiger partial charge in [0.1, 0.15) is 11.5 Å². The van der Waals surface area contributed by atoms with E-state index in [0.29, 0.717) is 12.1 Å². The SMILES string of the molecule is CC(C)(OC(=O)c1cc(-n2c(=O)cc(C(F)(F)Cl)n(N)c2=O)c(F)cc1Cl)C(=O)O. The molecule has 30 heavy (non-hydrogen) atoms. The zero-order chi connectivity index (χ0) is 23.2. The van der Waals surface area contributed by atoms with Crippen molar-refractivity contribution in [3.63, 3.8) is 0 Å². The van der Waals surface area contributed by atoms with Crippen molar-refractivity contribution in [2.45, 2.75) is 24.8 Å². The van der Waals surface area contributed by atoms with Crippen LogP contribution in [0.2, 0.25) is 5.02 Å². The molecule has 1 heterocycles. The standard InChI is InChI=1S/C16H12Cl2F3N3O6/c1-15(2,13(27)28)30-12(26)6-3-9(8(19)4-7(6)17)23-11(25)5-10(16(18,20)21)24(22)14(23)29/h3-5H,22H2,1-2H3,(H,27,28). The number of carbonyl (C=O) groups excluding carboxylic acids is 1. The molecular weight excluding hydrogens is 458 g/mol. The number of hydrogen-bond acceptors (Lipinski definition) is 6. The molecule has 162 valence electrons. The van der Waals surface area contributed by atoms with Crippen LogP contribution >= 0.6 is 23.2 Å². The summed E-state index contributed by atoms with van der Waals surface area (Å²) in [5.41, 5.74) is -7.88. The number of rotatable bonds is 5. The third-order valence-corrected chi connectivity index (χ3v) is 4.29. The van der Waals surface area contributed by atoms with Gasteiger partial charge in [-0.25, -0.2) is 28.0 Å². The Morgan fingerprint density at radius 2 is 1.77 bits per heavy atom. The summed E-state index contributed by atoms with van der Waals surface area (Å²) < 4.78 is 45.7. The summed E-state index contributed by atoms with van der Waals surface area (Å²) in [5, 5.41) is 4.32. The van der Waals surface area contributed by atoms with Crippen molar-refractivity contribution >= 4 is 35.1 Å². The van der Waals surface area contributed by atoms with Crippen LogP contribution < -0.4 is 17.1 Å². The molecule has 2 aromatic rings. The number of halogens is 5. The van der Waals surface area contributed by atoms with Crippen molar-refractivity contribution in [2.24, 2.45) is 0 Å². The van der Waals surface area contributed by atoms with Crippen LogP contribution in [0.4, 0.5) is 13.2 Å². The molecule has 0 bridgehead atoms. The van der Waals surface area contributed by atoms with Crippen LogP contribution in [0.1, 0.15) is 29.9 Å². The van der Waals surface area contributed by atoms with E-state index >= 15 is 0 Å². The maximum atomic E-state index is 14.4. The molecular formula is C16H12Cl2F3N3O6. The van der Waals surface area contributed by atoms with Crippen LogP contribution in [-0.2, 0) is 14.9 Å². The fourth-order valence-corrected chi connectivity index (χ4v) is 2.57. The fraction of sp³-hybridized carbons (Fsp3) is 0.250. The molecule has 14 heteroatoms. The van der Waals surface area contributed by atoms with E-state index in [1.54, 1.807) is 0 Å². The highest BCUT2D eigenvalue weighted by Gasteiger charge is 2.35. The number of carboxylic acid groups (broad SMARTS) is 1. The van der Waals surface area contributed by atoms with Crippen LogP contribution in [0, 0.1) is 5.82 Å². The second kappa shape index (κ2) is 7.69. The minimum Gasteiger partial charge on any atom is -0.478 e. The van der Waals surface area contributed by atoms with Gasteiger partial charge in [0, 0.05) is 6.07 Å². The molecule has 0 aliphatic heterocycles. The Bertz CT molecular complexity index is 1170. The summed E-state index contributed by atoms with van der Waals surface area (Å²) in [6.07, 6.45) is 0. The number of ether oxygens (including phenoxy) is 1. The molecule has 0 spiro atoms. The second-order valence-electron chi connectivity index (χ2n) is 6.34. The van der Waals surface area contributed by atoms with Crippen molar-refractivity contribution < 1.29 is 32.6 Å². The lowest BCUT2D eigenvalue weighted by Crippen LogP contribution is -2.45. The first kappa shape index (κ1) is 23.3. The topological polar surface area (TPSA) is 134 Å². The van der Waals surface area contributed by atoms with E-state index in [1.807, 2.05) is 0 Å². The van der Waals surface area contributed by atoms with E-state index in [9.17, 15) is 32.3 Å². The Kier molecular flexibility index (Phi) is 5.97. The van der Waals surface area contributed by atoms with Gasteiger partial charge in [0.2, 0.25) is 5.60 Å². The predicted octanol–water partition coefficient (Wildman–Crippen LogP) is 1.81. The number of nitrogens with zero attached hydrogens (tertiary/aromatic N) is 2. The van der Waals surface area contributed by atoms with E-state index < -0.39 is 62.0 Å². The molecule has 0 aliphatic rings. The number of benzene rings is 1. The van der Waals surface area contributed by atoms with E-state index in [2.05, 4.69) is 0 Å². The smallest absolute Gasteiger partial charge is 0.365 e. The van der Waals surface area contributed by atoms with Gasteiger partial charge in [-0.3, -0.25) is 4.79 Å². The molecule has 0 saturated heterocycles. The number of alkyl halides is 3. The first-order valence-corrected chi connectivity index (χ1v) is 8.51. The average molecular weight is 470 g/mol. The first-order valence-electron chi connectivity index (χ1n) is 7.75. The van der Waals surface area contributed by atoms with Gasteiger partial charge in [-0.15, -0.1) is 0 Å². The average Bonchev–Trinajstić information content (AvgIpc) is 2.58. The molecule has 0 saturated carbocycles. The van der Waals surface area contributed by atoms with Crippen molar-refractivity contribution in [3.8, 4) is 5.69 Å². The zero-order valence-electron chi connectivity index (χ0n) is 15.1. The Morgan fingerprint density at radius 3 is 2.27 bits per heavy atom. The fourth-order valence-electron chi connectivity index (χ4n) is 2.19. The summed E-state index contributed by atoms with van der Waals surface area (Å²) in [6.45, 7) is 2.10. The number of esters is 1. The number of aliphatic carboxylic acids is 1. The van der Waals surface area contributed by atoms with Crippen molar-refractivity contribution in [1.29, 1.82) is 0 Å². The first-order chi connectivity index (χ1) is 13.6. The van der Waals surface area contributed by atoms with E-state index in [1.165, 1.54) is 0 Å². The van der Waals surface area contributed by atoms with Crippen LogP contribution in [0.15, 0.2) is 27.8 Å². The molecule has 9 nitrogen and oxygen atoms in total. The Morgan fingerprint density at radius 1 is 1.20 bits per heavy atom. The van der Waals surface area contributed by atoms with Gasteiger partial charge in [0.15, 0.2) is 0 Å². The number of nitrogens with two attached hydrogens (primary N) is 1. The lowest BCUT2D eigenvalue weighted by Gasteiger charge is -2.20. The van der Waals surface area contributed by atoms with Crippen LogP contribution in [0.3, 0.4) is 0 Å². The van der Waals surface area contributed by atoms with Gasteiger partial charge in [-0.05, 0) is 37.6 Å². The minimum atomic E-state index is -4.18. The van der Waals surface area contributed by atoms with Gasteiger partial charge >= 0.3 is 23.0 Å². The number of carbonyl (C=O) groups is 2. The predicted molar refractivity (Wildman–Crippen MR) is 98.3 cm³/mol. The summed E-state index contributed by atoms with van der Waals surface area (Å²) in [7, 11) is 0. The zero-order valence-corrected chi connectivity index (χ0v) is 16.6. The monoisotopic (exact) mass is 469 g/mol. The molecule has 2 rings (SSSR count). The largest absolute Gasteiger partial charge is 0.478 e. The van der Waals surface area contributed by atoms with Gasteiger partial charge in [-0.1, -0.05) is 11.6 Å². The number of carboxylic acids is 1. The molecule has 1 aromatic carbocycles. The van der Waals surface area contributed by atoms with E-state index in [4.69, 9.17) is 38.9 Å². The second-order valence-corrected chi connectivity index (χ2v) is 7.22. The summed E-state index contributed by atoms with van der Waals surface area (Å²) in [4.78, 5) is 47.9. The maximum absolute atomic E-state index is 14.4. The van der Waals surface area contributed by atoms with Crippen LogP contribution in [0.25, 0.3) is 5.69 Å². The third kappa shape index (κ3) is 4.28. The quantitative estimate of drug-likeness (QED) is 0.387. The van der Waals surface area contributed by atoms with Crippen molar-refractivity contribution in [3.05, 3.63) is 61.1 Å². The third-order valence-electron chi connectivity index (χ3n) is 3.79. The van der Waals surface area contributed by atoms with Gasteiger partial charge in [-0.2, -0.15) is 8.78 Å². The molecule has 3 N–H and O–H groups in total. The van der Waals surface area contributed by atoms with Crippen molar-refractivity contribution in [2.75, 3.05) is 5.84 Å².